The third-order valence-corrected chi connectivity index (χ3v) is 2.47. The Bertz CT molecular complexity index is 611. The van der Waals surface area contributed by atoms with Crippen LogP contribution in [0.4, 0.5) is 4.39 Å². The highest BCUT2D eigenvalue weighted by Gasteiger charge is 2.09. The molecule has 0 saturated heterocycles. The van der Waals surface area contributed by atoms with Crippen molar-refractivity contribution in [2.24, 2.45) is 10.9 Å². The lowest BCUT2D eigenvalue weighted by molar-refractivity contribution is 0.318. The molecular formula is C11H12FN5O2. The van der Waals surface area contributed by atoms with Crippen LogP contribution in [0, 0.1) is 5.82 Å². The number of halogens is 1. The van der Waals surface area contributed by atoms with E-state index in [2.05, 4.69) is 15.2 Å². The zero-order valence-corrected chi connectivity index (χ0v) is 10.1. The topological polar surface area (TPSA) is 98.6 Å². The van der Waals surface area contributed by atoms with Gasteiger partial charge in [-0.25, -0.2) is 14.1 Å². The smallest absolute Gasteiger partial charge is 0.219 e. The van der Waals surface area contributed by atoms with E-state index in [1.165, 1.54) is 24.2 Å². The quantitative estimate of drug-likeness (QED) is 0.364. The molecule has 1 heterocycles. The molecule has 0 radical (unpaired) electrons. The number of amidine groups is 1. The highest BCUT2D eigenvalue weighted by molar-refractivity contribution is 5.93. The van der Waals surface area contributed by atoms with Gasteiger partial charge in [0.25, 0.3) is 0 Å². The van der Waals surface area contributed by atoms with E-state index in [-0.39, 0.29) is 18.2 Å². The molecular weight excluding hydrogens is 253 g/mol. The van der Waals surface area contributed by atoms with E-state index in [1.54, 1.807) is 12.1 Å². The van der Waals surface area contributed by atoms with E-state index in [1.807, 2.05) is 0 Å². The van der Waals surface area contributed by atoms with E-state index < -0.39 is 5.82 Å². The van der Waals surface area contributed by atoms with Gasteiger partial charge in [0.2, 0.25) is 11.7 Å². The van der Waals surface area contributed by atoms with Crippen molar-refractivity contribution in [3.05, 3.63) is 41.7 Å². The SMILES string of the molecule is COc1ccc(Cn2cnc(/C(N)=N/O)n2)c(F)c1. The predicted octanol–water partition coefficient (Wildman–Crippen LogP) is 0.569. The minimum atomic E-state index is -0.403. The summed E-state index contributed by atoms with van der Waals surface area (Å²) in [7, 11) is 1.47. The highest BCUT2D eigenvalue weighted by atomic mass is 19.1. The Morgan fingerprint density at radius 1 is 1.58 bits per heavy atom. The van der Waals surface area contributed by atoms with Crippen molar-refractivity contribution in [1.82, 2.24) is 14.8 Å². The van der Waals surface area contributed by atoms with Crippen LogP contribution in [0.25, 0.3) is 0 Å². The maximum Gasteiger partial charge on any atom is 0.219 e. The fraction of sp³-hybridized carbons (Fsp3) is 0.182. The van der Waals surface area contributed by atoms with Crippen molar-refractivity contribution in [2.45, 2.75) is 6.54 Å². The maximum atomic E-state index is 13.7. The van der Waals surface area contributed by atoms with Gasteiger partial charge >= 0.3 is 0 Å². The first-order valence-electron chi connectivity index (χ1n) is 5.34. The Kier molecular flexibility index (Phi) is 3.60. The number of hydrogen-bond donors (Lipinski definition) is 2. The standard InChI is InChI=1S/C11H12FN5O2/c1-19-8-3-2-7(9(12)4-8)5-17-6-14-11(15-17)10(13)16-18/h2-4,6,18H,5H2,1H3,(H2,13,16). The van der Waals surface area contributed by atoms with Crippen LogP contribution >= 0.6 is 0 Å². The second kappa shape index (κ2) is 5.34. The summed E-state index contributed by atoms with van der Waals surface area (Å²) in [6.07, 6.45) is 1.37. The average molecular weight is 265 g/mol. The number of nitrogens with zero attached hydrogens (tertiary/aromatic N) is 4. The summed E-state index contributed by atoms with van der Waals surface area (Å²) in [5, 5.41) is 15.2. The van der Waals surface area contributed by atoms with E-state index in [4.69, 9.17) is 15.7 Å². The van der Waals surface area contributed by atoms with Crippen molar-refractivity contribution in [1.29, 1.82) is 0 Å². The zero-order valence-electron chi connectivity index (χ0n) is 10.1. The van der Waals surface area contributed by atoms with Crippen LogP contribution in [0.2, 0.25) is 0 Å². The average Bonchev–Trinajstić information content (AvgIpc) is 2.88. The number of benzene rings is 1. The van der Waals surface area contributed by atoms with Gasteiger partial charge in [-0.05, 0) is 6.07 Å². The van der Waals surface area contributed by atoms with Crippen molar-refractivity contribution < 1.29 is 14.3 Å². The summed E-state index contributed by atoms with van der Waals surface area (Å²) in [5.74, 6) is -0.0808. The largest absolute Gasteiger partial charge is 0.497 e. The fourth-order valence-corrected chi connectivity index (χ4v) is 1.49. The molecule has 0 aliphatic rings. The third kappa shape index (κ3) is 2.79. The summed E-state index contributed by atoms with van der Waals surface area (Å²) < 4.78 is 20.0. The molecule has 0 aliphatic heterocycles. The van der Waals surface area contributed by atoms with Crippen molar-refractivity contribution in [3.63, 3.8) is 0 Å². The van der Waals surface area contributed by atoms with Gasteiger partial charge < -0.3 is 15.7 Å². The lowest BCUT2D eigenvalue weighted by Crippen LogP contribution is -2.15. The molecule has 0 bridgehead atoms. The van der Waals surface area contributed by atoms with E-state index in [0.717, 1.165) is 0 Å². The van der Waals surface area contributed by atoms with Gasteiger partial charge in [-0.1, -0.05) is 11.2 Å². The summed E-state index contributed by atoms with van der Waals surface area (Å²) in [6.45, 7) is 0.182. The summed E-state index contributed by atoms with van der Waals surface area (Å²) in [4.78, 5) is 3.84. The lowest BCUT2D eigenvalue weighted by atomic mass is 10.2. The van der Waals surface area contributed by atoms with E-state index >= 15 is 0 Å². The molecule has 0 unspecified atom stereocenters. The Balaban J connectivity index is 2.19. The van der Waals surface area contributed by atoms with Gasteiger partial charge in [0.1, 0.15) is 17.9 Å². The van der Waals surface area contributed by atoms with Crippen molar-refractivity contribution >= 4 is 5.84 Å². The molecule has 19 heavy (non-hydrogen) atoms. The molecule has 7 nitrogen and oxygen atoms in total. The van der Waals surface area contributed by atoms with Gasteiger partial charge in [-0.15, -0.1) is 5.10 Å². The first-order chi connectivity index (χ1) is 9.13. The van der Waals surface area contributed by atoms with Crippen LogP contribution < -0.4 is 10.5 Å². The molecule has 0 amide bonds. The number of rotatable bonds is 4. The zero-order chi connectivity index (χ0) is 13.8. The first kappa shape index (κ1) is 12.8. The van der Waals surface area contributed by atoms with E-state index in [9.17, 15) is 4.39 Å². The molecule has 2 rings (SSSR count). The second-order valence-corrected chi connectivity index (χ2v) is 3.71. The molecule has 0 saturated carbocycles. The normalized spacial score (nSPS) is 11.6. The minimum Gasteiger partial charge on any atom is -0.497 e. The highest BCUT2D eigenvalue weighted by Crippen LogP contribution is 2.16. The third-order valence-electron chi connectivity index (χ3n) is 2.47. The van der Waals surface area contributed by atoms with Crippen molar-refractivity contribution in [3.8, 4) is 5.75 Å². The van der Waals surface area contributed by atoms with Crippen LogP contribution in [0.15, 0.2) is 29.7 Å². The van der Waals surface area contributed by atoms with Crippen molar-refractivity contribution in [2.75, 3.05) is 7.11 Å². The molecule has 0 aliphatic carbocycles. The van der Waals surface area contributed by atoms with Gasteiger partial charge in [-0.2, -0.15) is 0 Å². The Hall–Kier alpha value is -2.64. The van der Waals surface area contributed by atoms with Crippen LogP contribution in [-0.4, -0.2) is 32.9 Å². The molecule has 2 aromatic rings. The Labute approximate surface area is 108 Å². The van der Waals surface area contributed by atoms with E-state index in [0.29, 0.717) is 11.3 Å². The lowest BCUT2D eigenvalue weighted by Gasteiger charge is -2.05. The molecule has 1 aromatic heterocycles. The van der Waals surface area contributed by atoms with Crippen LogP contribution in [0.5, 0.6) is 5.75 Å². The van der Waals surface area contributed by atoms with Gasteiger partial charge in [-0.3, -0.25) is 0 Å². The second-order valence-electron chi connectivity index (χ2n) is 3.71. The fourth-order valence-electron chi connectivity index (χ4n) is 1.49. The number of hydrogen-bond acceptors (Lipinski definition) is 5. The molecule has 100 valence electrons. The molecule has 3 N–H and O–H groups in total. The maximum absolute atomic E-state index is 13.7. The molecule has 0 spiro atoms. The van der Waals surface area contributed by atoms with Gasteiger partial charge in [0, 0.05) is 11.6 Å². The molecule has 0 atom stereocenters. The monoisotopic (exact) mass is 265 g/mol. The predicted molar refractivity (Wildman–Crippen MR) is 64.6 cm³/mol. The van der Waals surface area contributed by atoms with Crippen LogP contribution in [-0.2, 0) is 6.54 Å². The number of methoxy groups -OCH3 is 1. The Morgan fingerprint density at radius 2 is 2.37 bits per heavy atom. The molecule has 1 aromatic carbocycles. The summed E-state index contributed by atoms with van der Waals surface area (Å²) >= 11 is 0. The molecule has 8 heteroatoms. The number of oxime groups is 1. The van der Waals surface area contributed by atoms with Crippen LogP contribution in [0.3, 0.4) is 0 Å². The number of ether oxygens (including phenoxy) is 1. The molecule has 0 fully saturated rings. The van der Waals surface area contributed by atoms with Gasteiger partial charge in [0.15, 0.2) is 0 Å². The number of aromatic nitrogens is 3. The minimum absolute atomic E-state index is 0.0800. The summed E-state index contributed by atoms with van der Waals surface area (Å²) in [6, 6.07) is 4.54. The van der Waals surface area contributed by atoms with Crippen LogP contribution in [0.1, 0.15) is 11.4 Å². The Morgan fingerprint density at radius 3 is 3.00 bits per heavy atom. The first-order valence-corrected chi connectivity index (χ1v) is 5.34. The summed E-state index contributed by atoms with van der Waals surface area (Å²) in [5.41, 5.74) is 5.77. The number of nitrogens with two attached hydrogens (primary N) is 1. The van der Waals surface area contributed by atoms with Gasteiger partial charge in [0.05, 0.1) is 13.7 Å².